The minimum Gasteiger partial charge on any atom is -0.481 e. The van der Waals surface area contributed by atoms with Gasteiger partial charge in [-0.2, -0.15) is 5.26 Å². The van der Waals surface area contributed by atoms with Crippen LogP contribution in [0.5, 0.6) is 0 Å². The van der Waals surface area contributed by atoms with Gasteiger partial charge in [0.2, 0.25) is 0 Å². The maximum atomic E-state index is 14.9. The summed E-state index contributed by atoms with van der Waals surface area (Å²) >= 11 is 0. The molecule has 3 saturated carbocycles. The number of nitriles is 1. The minimum atomic E-state index is -0.889. The Morgan fingerprint density at radius 3 is 2.68 bits per heavy atom. The zero-order valence-corrected chi connectivity index (χ0v) is 16.4. The number of aromatic amines is 1. The highest BCUT2D eigenvalue weighted by atomic mass is 19.1. The van der Waals surface area contributed by atoms with Crippen molar-refractivity contribution in [3.8, 4) is 17.3 Å². The fourth-order valence-electron chi connectivity index (χ4n) is 5.22. The third kappa shape index (κ3) is 3.19. The molecule has 3 aromatic heterocycles. The monoisotopic (exact) mass is 423 g/mol. The summed E-state index contributed by atoms with van der Waals surface area (Å²) in [7, 11) is 0. The number of aliphatic carboxylic acids is 1. The van der Waals surface area contributed by atoms with E-state index in [0.29, 0.717) is 16.6 Å². The van der Waals surface area contributed by atoms with E-state index in [0.717, 1.165) is 37.9 Å². The lowest BCUT2D eigenvalue weighted by atomic mass is 9.61. The van der Waals surface area contributed by atoms with Crippen LogP contribution in [-0.4, -0.2) is 32.1 Å². The number of aromatic nitrogens is 3. The zero-order chi connectivity index (χ0) is 21.7. The highest BCUT2D eigenvalue weighted by Crippen LogP contribution is 2.46. The molecular formula is C22H19F2N5O2. The number of fused-ring (bicyclic) bond motifs is 4. The summed E-state index contributed by atoms with van der Waals surface area (Å²) in [6.45, 7) is 0. The standard InChI is InChI=1S/C22H19F2N5O2/c23-13-6-14-15(9-27-20(14)26-8-13)18-12(7-25)5-16(24)21(28-18)29-19-11-3-1-10(2-4-11)17(19)22(30)31/h5-6,8-11,17,19H,1-4H2,(H,26,27)(H,28,29)(H,30,31). The number of carbonyl (C=O) groups is 1. The normalized spacial score (nSPS) is 24.8. The lowest BCUT2D eigenvalue weighted by Gasteiger charge is -2.47. The number of anilines is 1. The predicted molar refractivity (Wildman–Crippen MR) is 108 cm³/mol. The predicted octanol–water partition coefficient (Wildman–Crippen LogP) is 4.08. The van der Waals surface area contributed by atoms with Crippen molar-refractivity contribution in [2.24, 2.45) is 17.8 Å². The van der Waals surface area contributed by atoms with E-state index in [1.165, 1.54) is 6.07 Å². The first-order chi connectivity index (χ1) is 15.0. The number of carboxylic acids is 1. The Hall–Kier alpha value is -3.54. The Balaban J connectivity index is 1.58. The SMILES string of the molecule is N#Cc1cc(F)c(NC2C3CCC(CC3)C2C(=O)O)nc1-c1c[nH]c2ncc(F)cc12. The molecule has 0 radical (unpaired) electrons. The Kier molecular flexibility index (Phi) is 4.58. The van der Waals surface area contributed by atoms with Crippen LogP contribution in [0.3, 0.4) is 0 Å². The summed E-state index contributed by atoms with van der Waals surface area (Å²) in [5.74, 6) is -2.69. The Bertz CT molecular complexity index is 1230. The van der Waals surface area contributed by atoms with Crippen LogP contribution >= 0.6 is 0 Å². The number of nitrogens with zero attached hydrogens (tertiary/aromatic N) is 3. The Morgan fingerprint density at radius 2 is 1.97 bits per heavy atom. The van der Waals surface area contributed by atoms with Crippen molar-refractivity contribution in [1.82, 2.24) is 15.0 Å². The van der Waals surface area contributed by atoms with Crippen molar-refractivity contribution in [1.29, 1.82) is 5.26 Å². The molecule has 2 atom stereocenters. The lowest BCUT2D eigenvalue weighted by Crippen LogP contribution is -2.51. The van der Waals surface area contributed by atoms with Crippen LogP contribution in [0.2, 0.25) is 0 Å². The van der Waals surface area contributed by atoms with Crippen molar-refractivity contribution in [3.63, 3.8) is 0 Å². The van der Waals surface area contributed by atoms with E-state index in [1.807, 2.05) is 6.07 Å². The van der Waals surface area contributed by atoms with Crippen molar-refractivity contribution in [3.05, 3.63) is 41.7 Å². The molecule has 9 heteroatoms. The van der Waals surface area contributed by atoms with E-state index >= 15 is 0 Å². The van der Waals surface area contributed by atoms with E-state index in [1.54, 1.807) is 6.20 Å². The summed E-state index contributed by atoms with van der Waals surface area (Å²) in [5.41, 5.74) is 1.00. The molecule has 3 aromatic rings. The van der Waals surface area contributed by atoms with Crippen LogP contribution in [0.15, 0.2) is 24.5 Å². The molecule has 3 N–H and O–H groups in total. The summed E-state index contributed by atoms with van der Waals surface area (Å²) in [4.78, 5) is 23.2. The van der Waals surface area contributed by atoms with Gasteiger partial charge < -0.3 is 15.4 Å². The number of nitrogens with one attached hydrogen (secondary N) is 2. The molecule has 7 nitrogen and oxygen atoms in total. The molecule has 0 aromatic carbocycles. The van der Waals surface area contributed by atoms with Gasteiger partial charge in [-0.25, -0.2) is 18.7 Å². The van der Waals surface area contributed by atoms with Crippen LogP contribution < -0.4 is 5.32 Å². The van der Waals surface area contributed by atoms with Gasteiger partial charge in [0.1, 0.15) is 17.5 Å². The Morgan fingerprint density at radius 1 is 1.23 bits per heavy atom. The van der Waals surface area contributed by atoms with E-state index in [2.05, 4.69) is 20.3 Å². The number of hydrogen-bond donors (Lipinski definition) is 3. The highest BCUT2D eigenvalue weighted by Gasteiger charge is 2.47. The molecular weight excluding hydrogens is 404 g/mol. The topological polar surface area (TPSA) is 115 Å². The largest absolute Gasteiger partial charge is 0.481 e. The molecule has 3 heterocycles. The van der Waals surface area contributed by atoms with Crippen LogP contribution in [0.4, 0.5) is 14.6 Å². The van der Waals surface area contributed by atoms with Crippen LogP contribution in [0.1, 0.15) is 31.2 Å². The first-order valence-corrected chi connectivity index (χ1v) is 10.2. The maximum absolute atomic E-state index is 14.9. The second-order valence-electron chi connectivity index (χ2n) is 8.29. The molecule has 3 fully saturated rings. The average molecular weight is 423 g/mol. The van der Waals surface area contributed by atoms with E-state index < -0.39 is 29.6 Å². The lowest BCUT2D eigenvalue weighted by molar-refractivity contribution is -0.148. The van der Waals surface area contributed by atoms with Crippen LogP contribution in [0, 0.1) is 40.7 Å². The van der Waals surface area contributed by atoms with E-state index in [4.69, 9.17) is 0 Å². The van der Waals surface area contributed by atoms with Crippen LogP contribution in [-0.2, 0) is 4.79 Å². The van der Waals surface area contributed by atoms with Crippen LogP contribution in [0.25, 0.3) is 22.3 Å². The number of hydrogen-bond acceptors (Lipinski definition) is 5. The molecule has 158 valence electrons. The zero-order valence-electron chi connectivity index (χ0n) is 16.4. The molecule has 0 saturated heterocycles. The van der Waals surface area contributed by atoms with Gasteiger partial charge in [0.25, 0.3) is 0 Å². The number of carboxylic acid groups (broad SMARTS) is 1. The first-order valence-electron chi connectivity index (χ1n) is 10.2. The molecule has 2 unspecified atom stereocenters. The third-order valence-corrected chi connectivity index (χ3v) is 6.66. The Labute approximate surface area is 176 Å². The van der Waals surface area contributed by atoms with Crippen molar-refractivity contribution < 1.29 is 18.7 Å². The molecule has 2 bridgehead atoms. The molecule has 6 rings (SSSR count). The number of pyridine rings is 2. The molecule has 0 aliphatic heterocycles. The molecule has 3 aliphatic carbocycles. The van der Waals surface area contributed by atoms with Crippen molar-refractivity contribution in [2.45, 2.75) is 31.7 Å². The van der Waals surface area contributed by atoms with Gasteiger partial charge in [-0.3, -0.25) is 4.79 Å². The summed E-state index contributed by atoms with van der Waals surface area (Å²) in [5, 5.41) is 22.8. The third-order valence-electron chi connectivity index (χ3n) is 6.66. The second-order valence-corrected chi connectivity index (χ2v) is 8.29. The van der Waals surface area contributed by atoms with Gasteiger partial charge in [0.15, 0.2) is 11.6 Å². The van der Waals surface area contributed by atoms with E-state index in [-0.39, 0.29) is 28.9 Å². The fourth-order valence-corrected chi connectivity index (χ4v) is 5.22. The maximum Gasteiger partial charge on any atom is 0.308 e. The molecule has 3 aliphatic rings. The smallest absolute Gasteiger partial charge is 0.308 e. The van der Waals surface area contributed by atoms with Crippen molar-refractivity contribution in [2.75, 3.05) is 5.32 Å². The van der Waals surface area contributed by atoms with Gasteiger partial charge in [-0.15, -0.1) is 0 Å². The van der Waals surface area contributed by atoms with Gasteiger partial charge in [0, 0.05) is 23.2 Å². The first kappa shape index (κ1) is 19.4. The van der Waals surface area contributed by atoms with Gasteiger partial charge in [-0.1, -0.05) is 0 Å². The van der Waals surface area contributed by atoms with E-state index in [9.17, 15) is 23.9 Å². The van der Waals surface area contributed by atoms with Crippen molar-refractivity contribution >= 4 is 22.8 Å². The number of H-pyrrole nitrogens is 1. The quantitative estimate of drug-likeness (QED) is 0.583. The van der Waals surface area contributed by atoms with Gasteiger partial charge in [-0.05, 0) is 49.7 Å². The summed E-state index contributed by atoms with van der Waals surface area (Å²) in [6, 6.07) is 3.85. The average Bonchev–Trinajstić information content (AvgIpc) is 3.18. The molecule has 31 heavy (non-hydrogen) atoms. The highest BCUT2D eigenvalue weighted by molar-refractivity contribution is 5.94. The van der Waals surface area contributed by atoms with Gasteiger partial charge >= 0.3 is 5.97 Å². The van der Waals surface area contributed by atoms with Gasteiger partial charge in [0.05, 0.1) is 23.4 Å². The fraction of sp³-hybridized carbons (Fsp3) is 0.364. The number of rotatable bonds is 4. The molecule has 0 amide bonds. The second kappa shape index (κ2) is 7.30. The number of halogens is 2. The molecule has 0 spiro atoms. The summed E-state index contributed by atoms with van der Waals surface area (Å²) < 4.78 is 28.6. The minimum absolute atomic E-state index is 0.00633. The summed E-state index contributed by atoms with van der Waals surface area (Å²) in [6.07, 6.45) is 6.13.